The van der Waals surface area contributed by atoms with Gasteiger partial charge in [0.05, 0.1) is 5.41 Å². The standard InChI is InChI=1S/C10H12O4S/c1-5-9(11)14-15(12,13)8-7-10(3,4)6-2/h2,5,7-8H,1H2,3-4H3. The molecule has 82 valence electrons. The van der Waals surface area contributed by atoms with Gasteiger partial charge in [0, 0.05) is 11.5 Å². The summed E-state index contributed by atoms with van der Waals surface area (Å²) in [5.41, 5.74) is -0.715. The average molecular weight is 228 g/mol. The Hall–Kier alpha value is -1.54. The fraction of sp³-hybridized carbons (Fsp3) is 0.300. The van der Waals surface area contributed by atoms with Gasteiger partial charge in [-0.2, -0.15) is 8.42 Å². The van der Waals surface area contributed by atoms with Gasteiger partial charge in [0.25, 0.3) is 0 Å². The van der Waals surface area contributed by atoms with Gasteiger partial charge in [0.2, 0.25) is 0 Å². The predicted molar refractivity (Wildman–Crippen MR) is 57.0 cm³/mol. The van der Waals surface area contributed by atoms with Gasteiger partial charge in [0.15, 0.2) is 0 Å². The molecule has 0 aliphatic carbocycles. The number of hydrogen-bond acceptors (Lipinski definition) is 4. The third kappa shape index (κ3) is 5.70. The zero-order valence-corrected chi connectivity index (χ0v) is 9.37. The first-order chi connectivity index (χ1) is 6.72. The highest BCUT2D eigenvalue weighted by Crippen LogP contribution is 2.15. The van der Waals surface area contributed by atoms with E-state index < -0.39 is 21.5 Å². The summed E-state index contributed by atoms with van der Waals surface area (Å²) >= 11 is 0. The molecular formula is C10H12O4S. The van der Waals surface area contributed by atoms with E-state index in [-0.39, 0.29) is 0 Å². The number of hydrogen-bond donors (Lipinski definition) is 0. The third-order valence-electron chi connectivity index (χ3n) is 1.39. The lowest BCUT2D eigenvalue weighted by Crippen LogP contribution is -2.10. The quantitative estimate of drug-likeness (QED) is 0.412. The first-order valence-electron chi connectivity index (χ1n) is 4.00. The van der Waals surface area contributed by atoms with Crippen molar-refractivity contribution < 1.29 is 17.4 Å². The fourth-order valence-corrected chi connectivity index (χ4v) is 1.34. The SMILES string of the molecule is C#CC(C)(C)C=CS(=O)(=O)OC(=O)C=C. The fourth-order valence-electron chi connectivity index (χ4n) is 0.478. The van der Waals surface area contributed by atoms with E-state index in [9.17, 15) is 13.2 Å². The maximum Gasteiger partial charge on any atom is 0.346 e. The molecule has 0 amide bonds. The van der Waals surface area contributed by atoms with Gasteiger partial charge in [-0.25, -0.2) is 4.79 Å². The number of carbonyl (C=O) groups excluding carboxylic acids is 1. The van der Waals surface area contributed by atoms with Crippen LogP contribution in [0, 0.1) is 17.8 Å². The maximum atomic E-state index is 11.1. The van der Waals surface area contributed by atoms with Gasteiger partial charge < -0.3 is 4.18 Å². The minimum absolute atomic E-state index is 0.715. The smallest absolute Gasteiger partial charge is 0.339 e. The van der Waals surface area contributed by atoms with E-state index >= 15 is 0 Å². The second-order valence-electron chi connectivity index (χ2n) is 3.27. The summed E-state index contributed by atoms with van der Waals surface area (Å²) in [5, 5.41) is 0.758. The van der Waals surface area contributed by atoms with Crippen LogP contribution in [0.5, 0.6) is 0 Å². The Balaban J connectivity index is 4.75. The Labute approximate surface area is 89.8 Å². The van der Waals surface area contributed by atoms with Crippen LogP contribution in [0.3, 0.4) is 0 Å². The topological polar surface area (TPSA) is 60.4 Å². The monoisotopic (exact) mass is 228 g/mol. The van der Waals surface area contributed by atoms with Crippen molar-refractivity contribution in [1.82, 2.24) is 0 Å². The number of allylic oxidation sites excluding steroid dienone is 1. The largest absolute Gasteiger partial charge is 0.346 e. The third-order valence-corrected chi connectivity index (χ3v) is 2.25. The second kappa shape index (κ2) is 4.80. The summed E-state index contributed by atoms with van der Waals surface area (Å²) in [4.78, 5) is 10.6. The summed E-state index contributed by atoms with van der Waals surface area (Å²) in [6.45, 7) is 6.37. The van der Waals surface area contributed by atoms with Crippen LogP contribution in [0.15, 0.2) is 24.1 Å². The van der Waals surface area contributed by atoms with E-state index in [1.807, 2.05) is 0 Å². The zero-order chi connectivity index (χ0) is 12.1. The van der Waals surface area contributed by atoms with Gasteiger partial charge in [-0.05, 0) is 13.8 Å². The average Bonchev–Trinajstić information content (AvgIpc) is 2.14. The van der Waals surface area contributed by atoms with Crippen molar-refractivity contribution in [1.29, 1.82) is 0 Å². The molecule has 0 atom stereocenters. The van der Waals surface area contributed by atoms with Gasteiger partial charge >= 0.3 is 16.1 Å². The van der Waals surface area contributed by atoms with Crippen LogP contribution in [0.4, 0.5) is 0 Å². The molecular weight excluding hydrogens is 216 g/mol. The van der Waals surface area contributed by atoms with Crippen LogP contribution in [0.1, 0.15) is 13.8 Å². The highest BCUT2D eigenvalue weighted by atomic mass is 32.2. The van der Waals surface area contributed by atoms with E-state index in [0.29, 0.717) is 0 Å². The first-order valence-corrected chi connectivity index (χ1v) is 5.47. The Bertz CT molecular complexity index is 421. The zero-order valence-electron chi connectivity index (χ0n) is 8.56. The summed E-state index contributed by atoms with van der Waals surface area (Å²) in [5.74, 6) is 1.34. The van der Waals surface area contributed by atoms with Crippen molar-refractivity contribution in [3.8, 4) is 12.3 Å². The number of terminal acetylenes is 1. The summed E-state index contributed by atoms with van der Waals surface area (Å²) in [6, 6.07) is 0. The summed E-state index contributed by atoms with van der Waals surface area (Å²) in [6.07, 6.45) is 7.17. The van der Waals surface area contributed by atoms with Gasteiger partial charge in [0.1, 0.15) is 0 Å². The summed E-state index contributed by atoms with van der Waals surface area (Å²) in [7, 11) is -4.03. The Morgan fingerprint density at radius 3 is 2.47 bits per heavy atom. The van der Waals surface area contributed by atoms with Crippen molar-refractivity contribution in [2.45, 2.75) is 13.8 Å². The lowest BCUT2D eigenvalue weighted by atomic mass is 9.96. The maximum absolute atomic E-state index is 11.1. The Kier molecular flexibility index (Phi) is 4.31. The highest BCUT2D eigenvalue weighted by molar-refractivity contribution is 7.90. The molecule has 15 heavy (non-hydrogen) atoms. The molecule has 0 unspecified atom stereocenters. The van der Waals surface area contributed by atoms with E-state index in [2.05, 4.69) is 16.7 Å². The molecule has 0 fully saturated rings. The Morgan fingerprint density at radius 1 is 1.53 bits per heavy atom. The van der Waals surface area contributed by atoms with Gasteiger partial charge in [-0.1, -0.05) is 18.6 Å². The molecule has 5 heteroatoms. The van der Waals surface area contributed by atoms with Gasteiger partial charge in [-0.15, -0.1) is 6.42 Å². The van der Waals surface area contributed by atoms with Crippen molar-refractivity contribution in [2.75, 3.05) is 0 Å². The molecule has 0 N–H and O–H groups in total. The lowest BCUT2D eigenvalue weighted by Gasteiger charge is -2.09. The van der Waals surface area contributed by atoms with Gasteiger partial charge in [-0.3, -0.25) is 0 Å². The molecule has 4 nitrogen and oxygen atoms in total. The number of rotatable bonds is 4. The van der Waals surface area contributed by atoms with Crippen LogP contribution in [-0.2, 0) is 19.1 Å². The molecule has 0 aliphatic rings. The van der Waals surface area contributed by atoms with Crippen molar-refractivity contribution in [2.24, 2.45) is 5.41 Å². The molecule has 0 rings (SSSR count). The van der Waals surface area contributed by atoms with E-state index in [4.69, 9.17) is 6.42 Å². The second-order valence-corrected chi connectivity index (χ2v) is 4.69. The van der Waals surface area contributed by atoms with Crippen LogP contribution in [0.25, 0.3) is 0 Å². The van der Waals surface area contributed by atoms with E-state index in [0.717, 1.165) is 11.5 Å². The molecule has 0 aliphatic heterocycles. The van der Waals surface area contributed by atoms with Crippen LogP contribution in [-0.4, -0.2) is 14.4 Å². The molecule has 0 saturated heterocycles. The molecule has 0 saturated carbocycles. The lowest BCUT2D eigenvalue weighted by molar-refractivity contribution is -0.128. The molecule has 0 spiro atoms. The van der Waals surface area contributed by atoms with E-state index in [1.54, 1.807) is 13.8 Å². The first kappa shape index (κ1) is 13.5. The molecule has 0 aromatic rings. The van der Waals surface area contributed by atoms with Crippen LogP contribution in [0.2, 0.25) is 0 Å². The minimum Gasteiger partial charge on any atom is -0.339 e. The molecule has 0 bridgehead atoms. The van der Waals surface area contributed by atoms with Crippen molar-refractivity contribution >= 4 is 16.1 Å². The molecule has 0 aromatic heterocycles. The highest BCUT2D eigenvalue weighted by Gasteiger charge is 2.14. The van der Waals surface area contributed by atoms with Crippen molar-refractivity contribution in [3.63, 3.8) is 0 Å². The van der Waals surface area contributed by atoms with Crippen LogP contribution < -0.4 is 0 Å². The van der Waals surface area contributed by atoms with Crippen molar-refractivity contribution in [3.05, 3.63) is 24.1 Å². The number of carbonyl (C=O) groups is 1. The minimum atomic E-state index is -4.03. The molecule has 0 heterocycles. The molecule has 0 aromatic carbocycles. The summed E-state index contributed by atoms with van der Waals surface area (Å²) < 4.78 is 26.3. The van der Waals surface area contributed by atoms with Crippen LogP contribution >= 0.6 is 0 Å². The van der Waals surface area contributed by atoms with E-state index in [1.165, 1.54) is 6.08 Å². The Morgan fingerprint density at radius 2 is 2.07 bits per heavy atom. The predicted octanol–water partition coefficient (Wildman–Crippen LogP) is 1.22. The molecule has 0 radical (unpaired) electrons. The normalized spacial score (nSPS) is 12.1.